The zero-order valence-electron chi connectivity index (χ0n) is 8.49. The summed E-state index contributed by atoms with van der Waals surface area (Å²) >= 11 is 1.41. The van der Waals surface area contributed by atoms with Gasteiger partial charge in [-0.15, -0.1) is 0 Å². The van der Waals surface area contributed by atoms with E-state index in [1.807, 2.05) is 6.92 Å². The normalized spacial score (nSPS) is 10.4. The van der Waals surface area contributed by atoms with Crippen LogP contribution in [0, 0.1) is 6.92 Å². The molecule has 1 aromatic heterocycles. The van der Waals surface area contributed by atoms with Gasteiger partial charge >= 0.3 is 0 Å². The second-order valence-corrected chi connectivity index (χ2v) is 3.96. The van der Waals surface area contributed by atoms with Crippen LogP contribution in [0.2, 0.25) is 0 Å². The molecule has 0 amide bonds. The van der Waals surface area contributed by atoms with Gasteiger partial charge in [-0.2, -0.15) is 4.37 Å². The zero-order chi connectivity index (χ0) is 10.2. The van der Waals surface area contributed by atoms with Crippen LogP contribution in [0.1, 0.15) is 31.5 Å². The highest BCUT2D eigenvalue weighted by Gasteiger charge is 1.97. The SMILES string of the molecule is Cc1nsc(NCCCCCCO)n1. The fraction of sp³-hybridized carbons (Fsp3) is 0.778. The Kier molecular flexibility index (Phi) is 5.47. The van der Waals surface area contributed by atoms with Crippen LogP contribution in [-0.2, 0) is 0 Å². The van der Waals surface area contributed by atoms with E-state index in [1.165, 1.54) is 11.5 Å². The van der Waals surface area contributed by atoms with Crippen molar-refractivity contribution in [1.82, 2.24) is 9.36 Å². The molecule has 80 valence electrons. The monoisotopic (exact) mass is 215 g/mol. The number of aromatic nitrogens is 2. The van der Waals surface area contributed by atoms with Gasteiger partial charge in [0.05, 0.1) is 0 Å². The van der Waals surface area contributed by atoms with E-state index in [0.717, 1.165) is 43.2 Å². The lowest BCUT2D eigenvalue weighted by Crippen LogP contribution is -2.01. The second kappa shape index (κ2) is 6.73. The van der Waals surface area contributed by atoms with Crippen LogP contribution in [0.15, 0.2) is 0 Å². The second-order valence-electron chi connectivity index (χ2n) is 3.21. The fourth-order valence-electron chi connectivity index (χ4n) is 1.15. The Bertz CT molecular complexity index is 252. The lowest BCUT2D eigenvalue weighted by Gasteiger charge is -2.00. The molecule has 1 aromatic rings. The lowest BCUT2D eigenvalue weighted by atomic mass is 10.2. The first-order valence-corrected chi connectivity index (χ1v) is 5.75. The summed E-state index contributed by atoms with van der Waals surface area (Å²) in [7, 11) is 0. The number of aliphatic hydroxyl groups excluding tert-OH is 1. The molecule has 0 unspecified atom stereocenters. The minimum atomic E-state index is 0.309. The third-order valence-electron chi connectivity index (χ3n) is 1.89. The summed E-state index contributed by atoms with van der Waals surface area (Å²) < 4.78 is 4.08. The van der Waals surface area contributed by atoms with Gasteiger partial charge in [0.2, 0.25) is 5.13 Å². The van der Waals surface area contributed by atoms with E-state index >= 15 is 0 Å². The number of aliphatic hydroxyl groups is 1. The van der Waals surface area contributed by atoms with Crippen LogP contribution in [0.3, 0.4) is 0 Å². The Hall–Kier alpha value is -0.680. The molecule has 14 heavy (non-hydrogen) atoms. The third-order valence-corrected chi connectivity index (χ3v) is 2.65. The van der Waals surface area contributed by atoms with Crippen molar-refractivity contribution in [2.45, 2.75) is 32.6 Å². The molecule has 0 atom stereocenters. The minimum absolute atomic E-state index is 0.309. The van der Waals surface area contributed by atoms with E-state index in [9.17, 15) is 0 Å². The summed E-state index contributed by atoms with van der Waals surface area (Å²) in [4.78, 5) is 4.20. The Morgan fingerprint density at radius 2 is 2.07 bits per heavy atom. The molecule has 5 heteroatoms. The Balaban J connectivity index is 1.99. The lowest BCUT2D eigenvalue weighted by molar-refractivity contribution is 0.283. The first kappa shape index (κ1) is 11.4. The van der Waals surface area contributed by atoms with Crippen LogP contribution in [0.25, 0.3) is 0 Å². The predicted molar refractivity (Wildman–Crippen MR) is 58.7 cm³/mol. The molecule has 0 saturated heterocycles. The minimum Gasteiger partial charge on any atom is -0.396 e. The molecule has 1 rings (SSSR count). The highest BCUT2D eigenvalue weighted by Crippen LogP contribution is 2.10. The van der Waals surface area contributed by atoms with Gasteiger partial charge in [0.1, 0.15) is 5.82 Å². The van der Waals surface area contributed by atoms with Gasteiger partial charge in [-0.1, -0.05) is 12.8 Å². The number of nitrogens with zero attached hydrogens (tertiary/aromatic N) is 2. The van der Waals surface area contributed by atoms with Crippen molar-refractivity contribution in [1.29, 1.82) is 0 Å². The van der Waals surface area contributed by atoms with E-state index in [-0.39, 0.29) is 0 Å². The third kappa shape index (κ3) is 4.53. The summed E-state index contributed by atoms with van der Waals surface area (Å²) in [6, 6.07) is 0. The van der Waals surface area contributed by atoms with Gasteiger partial charge in [-0.25, -0.2) is 4.98 Å². The largest absolute Gasteiger partial charge is 0.396 e. The Morgan fingerprint density at radius 3 is 2.71 bits per heavy atom. The van der Waals surface area contributed by atoms with Gasteiger partial charge in [0, 0.05) is 24.7 Å². The maximum atomic E-state index is 8.57. The average molecular weight is 215 g/mol. The van der Waals surface area contributed by atoms with Crippen LogP contribution in [0.5, 0.6) is 0 Å². The molecule has 0 aliphatic rings. The van der Waals surface area contributed by atoms with Crippen LogP contribution < -0.4 is 5.32 Å². The molecule has 0 aliphatic carbocycles. The molecule has 0 radical (unpaired) electrons. The molecule has 1 heterocycles. The number of unbranched alkanes of at least 4 members (excludes halogenated alkanes) is 3. The Labute approximate surface area is 88.6 Å². The van der Waals surface area contributed by atoms with Gasteiger partial charge in [-0.05, 0) is 19.8 Å². The average Bonchev–Trinajstić information content (AvgIpc) is 2.58. The van der Waals surface area contributed by atoms with Gasteiger partial charge in [-0.3, -0.25) is 0 Å². The molecule has 0 bridgehead atoms. The first-order valence-electron chi connectivity index (χ1n) is 4.98. The predicted octanol–water partition coefficient (Wildman–Crippen LogP) is 1.81. The van der Waals surface area contributed by atoms with E-state index in [1.54, 1.807) is 0 Å². The van der Waals surface area contributed by atoms with Crippen molar-refractivity contribution in [2.24, 2.45) is 0 Å². The van der Waals surface area contributed by atoms with Gasteiger partial charge < -0.3 is 10.4 Å². The van der Waals surface area contributed by atoms with Crippen molar-refractivity contribution >= 4 is 16.7 Å². The fourth-order valence-corrected chi connectivity index (χ4v) is 1.75. The number of hydrogen-bond acceptors (Lipinski definition) is 5. The van der Waals surface area contributed by atoms with Crippen molar-refractivity contribution < 1.29 is 5.11 Å². The van der Waals surface area contributed by atoms with Crippen LogP contribution in [-0.4, -0.2) is 27.6 Å². The number of hydrogen-bond donors (Lipinski definition) is 2. The summed E-state index contributed by atoms with van der Waals surface area (Å²) in [5.74, 6) is 0.831. The maximum Gasteiger partial charge on any atom is 0.202 e. The molecular weight excluding hydrogens is 198 g/mol. The van der Waals surface area contributed by atoms with Crippen LogP contribution >= 0.6 is 11.5 Å². The smallest absolute Gasteiger partial charge is 0.202 e. The molecule has 4 nitrogen and oxygen atoms in total. The van der Waals surface area contributed by atoms with Gasteiger partial charge in [0.15, 0.2) is 0 Å². The highest BCUT2D eigenvalue weighted by molar-refractivity contribution is 7.09. The summed E-state index contributed by atoms with van der Waals surface area (Å²) in [6.07, 6.45) is 4.30. The topological polar surface area (TPSA) is 58.0 Å². The highest BCUT2D eigenvalue weighted by atomic mass is 32.1. The summed E-state index contributed by atoms with van der Waals surface area (Å²) in [5.41, 5.74) is 0. The standard InChI is InChI=1S/C9H17N3OS/c1-8-11-9(14-12-8)10-6-4-2-3-5-7-13/h13H,2-7H2,1H3,(H,10,11,12). The van der Waals surface area contributed by atoms with Crippen LogP contribution in [0.4, 0.5) is 5.13 Å². The quantitative estimate of drug-likeness (QED) is 0.681. The molecule has 0 spiro atoms. The van der Waals surface area contributed by atoms with Crippen molar-refractivity contribution in [2.75, 3.05) is 18.5 Å². The molecule has 0 fully saturated rings. The van der Waals surface area contributed by atoms with Crippen molar-refractivity contribution in [3.05, 3.63) is 5.82 Å². The maximum absolute atomic E-state index is 8.57. The molecule has 2 N–H and O–H groups in total. The van der Waals surface area contributed by atoms with Crippen molar-refractivity contribution in [3.8, 4) is 0 Å². The summed E-state index contributed by atoms with van der Waals surface area (Å²) in [5, 5.41) is 12.7. The first-order chi connectivity index (χ1) is 6.83. The van der Waals surface area contributed by atoms with Crippen molar-refractivity contribution in [3.63, 3.8) is 0 Å². The van der Waals surface area contributed by atoms with E-state index < -0.39 is 0 Å². The number of aryl methyl sites for hydroxylation is 1. The van der Waals surface area contributed by atoms with E-state index in [4.69, 9.17) is 5.11 Å². The molecule has 0 saturated carbocycles. The Morgan fingerprint density at radius 1 is 1.29 bits per heavy atom. The number of anilines is 1. The molecule has 0 aromatic carbocycles. The number of nitrogens with one attached hydrogen (secondary N) is 1. The zero-order valence-corrected chi connectivity index (χ0v) is 9.31. The molecule has 0 aliphatic heterocycles. The van der Waals surface area contributed by atoms with Gasteiger partial charge in [0.25, 0.3) is 0 Å². The summed E-state index contributed by atoms with van der Waals surface area (Å²) in [6.45, 7) is 3.14. The van der Waals surface area contributed by atoms with E-state index in [2.05, 4.69) is 14.7 Å². The molecular formula is C9H17N3OS. The van der Waals surface area contributed by atoms with E-state index in [0.29, 0.717) is 6.61 Å². The number of rotatable bonds is 7.